The minimum absolute atomic E-state index is 0.0563. The third kappa shape index (κ3) is 2.76. The summed E-state index contributed by atoms with van der Waals surface area (Å²) in [5.74, 6) is 0.663. The topological polar surface area (TPSA) is 64.2 Å². The lowest BCUT2D eigenvalue weighted by Crippen LogP contribution is -2.31. The first-order valence-corrected chi connectivity index (χ1v) is 8.27. The van der Waals surface area contributed by atoms with Crippen LogP contribution in [0.25, 0.3) is 16.6 Å². The fraction of sp³-hybridized carbons (Fsp3) is 0.211. The Morgan fingerprint density at radius 3 is 2.88 bits per heavy atom. The number of aryl methyl sites for hydroxylation is 1. The average Bonchev–Trinajstić information content (AvgIpc) is 3.20. The van der Waals surface area contributed by atoms with Crippen molar-refractivity contribution in [2.24, 2.45) is 0 Å². The quantitative estimate of drug-likeness (QED) is 0.624. The van der Waals surface area contributed by atoms with E-state index in [0.717, 1.165) is 17.0 Å². The second-order valence-electron chi connectivity index (χ2n) is 6.23. The Morgan fingerprint density at radius 2 is 2.00 bits per heavy atom. The summed E-state index contributed by atoms with van der Waals surface area (Å²) in [6.45, 7) is 4.26. The number of fused-ring (bicyclic) bond motifs is 2. The van der Waals surface area contributed by atoms with Crippen LogP contribution < -0.4 is 5.32 Å². The molecule has 1 atom stereocenters. The normalized spacial score (nSPS) is 12.6. The highest BCUT2D eigenvalue weighted by Gasteiger charge is 2.16. The van der Waals surface area contributed by atoms with Crippen molar-refractivity contribution in [3.63, 3.8) is 0 Å². The van der Waals surface area contributed by atoms with E-state index in [2.05, 4.69) is 28.5 Å². The van der Waals surface area contributed by atoms with Crippen LogP contribution in [0.1, 0.15) is 24.4 Å². The van der Waals surface area contributed by atoms with Gasteiger partial charge in [0.25, 0.3) is 0 Å². The summed E-state index contributed by atoms with van der Waals surface area (Å²) >= 11 is 0. The van der Waals surface area contributed by atoms with Crippen LogP contribution in [0.15, 0.2) is 54.9 Å². The van der Waals surface area contributed by atoms with Crippen LogP contribution in [0.4, 0.5) is 0 Å². The van der Waals surface area contributed by atoms with Gasteiger partial charge in [-0.25, -0.2) is 0 Å². The number of hydrogen-bond acceptors (Lipinski definition) is 3. The number of benzene rings is 1. The second-order valence-corrected chi connectivity index (χ2v) is 6.23. The van der Waals surface area contributed by atoms with Gasteiger partial charge in [0, 0.05) is 23.3 Å². The summed E-state index contributed by atoms with van der Waals surface area (Å²) in [7, 11) is 0. The smallest absolute Gasteiger partial charge is 0.240 e. The van der Waals surface area contributed by atoms with Gasteiger partial charge in [0.1, 0.15) is 6.54 Å². The molecule has 4 rings (SSSR count). The van der Waals surface area contributed by atoms with E-state index in [1.54, 1.807) is 0 Å². The number of aromatic nitrogens is 4. The summed E-state index contributed by atoms with van der Waals surface area (Å²) in [5.41, 5.74) is 3.04. The maximum atomic E-state index is 12.5. The van der Waals surface area contributed by atoms with Crippen molar-refractivity contribution >= 4 is 22.5 Å². The number of carbonyl (C=O) groups excluding carboxylic acids is 1. The lowest BCUT2D eigenvalue weighted by atomic mass is 10.1. The molecule has 0 radical (unpaired) electrons. The van der Waals surface area contributed by atoms with E-state index in [1.807, 2.05) is 64.7 Å². The van der Waals surface area contributed by atoms with Gasteiger partial charge in [-0.1, -0.05) is 18.2 Å². The first-order chi connectivity index (χ1) is 12.1. The standard InChI is InChI=1S/C19H19N5O/c1-13-6-5-7-16-15(13)9-11-23(16)12-18(25)20-14(2)19-22-21-17-8-3-4-10-24(17)19/h3-11,14H,12H2,1-2H3,(H,20,25). The number of nitrogens with zero attached hydrogens (tertiary/aromatic N) is 4. The highest BCUT2D eigenvalue weighted by atomic mass is 16.2. The molecule has 25 heavy (non-hydrogen) atoms. The molecule has 6 nitrogen and oxygen atoms in total. The van der Waals surface area contributed by atoms with E-state index in [4.69, 9.17) is 0 Å². The predicted molar refractivity (Wildman–Crippen MR) is 96.2 cm³/mol. The maximum absolute atomic E-state index is 12.5. The molecule has 6 heteroatoms. The van der Waals surface area contributed by atoms with Crippen LogP contribution in [0.3, 0.4) is 0 Å². The van der Waals surface area contributed by atoms with Gasteiger partial charge in [0.05, 0.1) is 6.04 Å². The largest absolute Gasteiger partial charge is 0.345 e. The number of carbonyl (C=O) groups is 1. The fourth-order valence-electron chi connectivity index (χ4n) is 3.18. The Hall–Kier alpha value is -3.15. The van der Waals surface area contributed by atoms with Gasteiger partial charge in [-0.3, -0.25) is 9.20 Å². The summed E-state index contributed by atoms with van der Waals surface area (Å²) < 4.78 is 3.85. The zero-order valence-corrected chi connectivity index (χ0v) is 14.2. The van der Waals surface area contributed by atoms with Crippen LogP contribution in [-0.4, -0.2) is 25.1 Å². The molecule has 0 spiro atoms. The third-order valence-corrected chi connectivity index (χ3v) is 4.45. The molecule has 3 heterocycles. The fourth-order valence-corrected chi connectivity index (χ4v) is 3.18. The molecule has 0 saturated carbocycles. The Kier molecular flexibility index (Phi) is 3.72. The molecule has 0 saturated heterocycles. The minimum atomic E-state index is -0.228. The van der Waals surface area contributed by atoms with Crippen molar-refractivity contribution in [1.82, 2.24) is 24.5 Å². The molecule has 4 aromatic rings. The van der Waals surface area contributed by atoms with Crippen molar-refractivity contribution in [2.75, 3.05) is 0 Å². The van der Waals surface area contributed by atoms with E-state index in [1.165, 1.54) is 10.9 Å². The Balaban J connectivity index is 1.52. The Morgan fingerprint density at radius 1 is 1.12 bits per heavy atom. The van der Waals surface area contributed by atoms with Gasteiger partial charge in [0.15, 0.2) is 11.5 Å². The van der Waals surface area contributed by atoms with E-state index < -0.39 is 0 Å². The van der Waals surface area contributed by atoms with Crippen LogP contribution in [0.5, 0.6) is 0 Å². The average molecular weight is 333 g/mol. The van der Waals surface area contributed by atoms with Crippen molar-refractivity contribution in [3.05, 3.63) is 66.2 Å². The van der Waals surface area contributed by atoms with Crippen molar-refractivity contribution < 1.29 is 4.79 Å². The van der Waals surface area contributed by atoms with Crippen LogP contribution in [0.2, 0.25) is 0 Å². The number of nitrogens with one attached hydrogen (secondary N) is 1. The van der Waals surface area contributed by atoms with Gasteiger partial charge < -0.3 is 9.88 Å². The summed E-state index contributed by atoms with van der Waals surface area (Å²) in [6, 6.07) is 13.7. The van der Waals surface area contributed by atoms with Crippen molar-refractivity contribution in [2.45, 2.75) is 26.4 Å². The van der Waals surface area contributed by atoms with Gasteiger partial charge in [0.2, 0.25) is 5.91 Å². The molecule has 1 aromatic carbocycles. The first-order valence-electron chi connectivity index (χ1n) is 8.27. The summed E-state index contributed by atoms with van der Waals surface area (Å²) in [6.07, 6.45) is 3.85. The second kappa shape index (κ2) is 6.05. The van der Waals surface area contributed by atoms with Gasteiger partial charge in [-0.15, -0.1) is 10.2 Å². The molecule has 1 unspecified atom stereocenters. The molecule has 1 N–H and O–H groups in total. The van der Waals surface area contributed by atoms with Crippen LogP contribution in [0, 0.1) is 6.92 Å². The van der Waals surface area contributed by atoms with E-state index >= 15 is 0 Å². The van der Waals surface area contributed by atoms with E-state index in [0.29, 0.717) is 0 Å². The van der Waals surface area contributed by atoms with E-state index in [-0.39, 0.29) is 18.5 Å². The molecule has 126 valence electrons. The summed E-state index contributed by atoms with van der Waals surface area (Å²) in [5, 5.41) is 12.5. The number of hydrogen-bond donors (Lipinski definition) is 1. The monoisotopic (exact) mass is 333 g/mol. The van der Waals surface area contributed by atoms with Gasteiger partial charge >= 0.3 is 0 Å². The third-order valence-electron chi connectivity index (χ3n) is 4.45. The zero-order chi connectivity index (χ0) is 17.4. The van der Waals surface area contributed by atoms with Gasteiger partial charge in [-0.05, 0) is 43.7 Å². The maximum Gasteiger partial charge on any atom is 0.240 e. The molecular formula is C19H19N5O. The van der Waals surface area contributed by atoms with Crippen LogP contribution in [-0.2, 0) is 11.3 Å². The molecule has 0 fully saturated rings. The number of rotatable bonds is 4. The number of amides is 1. The van der Waals surface area contributed by atoms with E-state index in [9.17, 15) is 4.79 Å². The predicted octanol–water partition coefficient (Wildman–Crippen LogP) is 2.87. The molecule has 0 aliphatic rings. The van der Waals surface area contributed by atoms with Gasteiger partial charge in [-0.2, -0.15) is 0 Å². The molecular weight excluding hydrogens is 314 g/mol. The molecule has 0 aliphatic heterocycles. The van der Waals surface area contributed by atoms with Crippen LogP contribution >= 0.6 is 0 Å². The SMILES string of the molecule is Cc1cccc2c1ccn2CC(=O)NC(C)c1nnc2ccccn12. The molecule has 1 amide bonds. The Bertz CT molecular complexity index is 1060. The molecule has 0 bridgehead atoms. The van der Waals surface area contributed by atoms with Crippen molar-refractivity contribution in [3.8, 4) is 0 Å². The zero-order valence-electron chi connectivity index (χ0n) is 14.2. The molecule has 3 aromatic heterocycles. The Labute approximate surface area is 145 Å². The van der Waals surface area contributed by atoms with Crippen molar-refractivity contribution in [1.29, 1.82) is 0 Å². The first kappa shape index (κ1) is 15.4. The highest BCUT2D eigenvalue weighted by molar-refractivity contribution is 5.85. The number of pyridine rings is 1. The lowest BCUT2D eigenvalue weighted by molar-refractivity contribution is -0.122. The lowest BCUT2D eigenvalue weighted by Gasteiger charge is -2.13. The minimum Gasteiger partial charge on any atom is -0.345 e. The molecule has 0 aliphatic carbocycles. The summed E-state index contributed by atoms with van der Waals surface area (Å²) in [4.78, 5) is 12.5. The highest BCUT2D eigenvalue weighted by Crippen LogP contribution is 2.19.